The molecule has 2 fully saturated rings. The van der Waals surface area contributed by atoms with Crippen LogP contribution in [0.1, 0.15) is 42.9 Å². The summed E-state index contributed by atoms with van der Waals surface area (Å²) in [6.45, 7) is 0. The molecule has 4 heterocycles. The van der Waals surface area contributed by atoms with Crippen molar-refractivity contribution in [3.8, 4) is 0 Å². The van der Waals surface area contributed by atoms with Gasteiger partial charge in [-0.2, -0.15) is 0 Å². The fraction of sp³-hybridized carbons (Fsp3) is 0.333. The lowest BCUT2D eigenvalue weighted by Gasteiger charge is -2.39. The molecule has 152 valence electrons. The van der Waals surface area contributed by atoms with Gasteiger partial charge in [-0.1, -0.05) is 29.8 Å². The predicted octanol–water partition coefficient (Wildman–Crippen LogP) is 4.33. The summed E-state index contributed by atoms with van der Waals surface area (Å²) in [5.41, 5.74) is 2.89. The van der Waals surface area contributed by atoms with Gasteiger partial charge in [0.05, 0.1) is 17.0 Å². The number of Topliss-reactive ketones (excluding diaryl/α,β-unsaturated/α-hetero) is 1. The normalized spacial score (nSPS) is 23.0. The van der Waals surface area contributed by atoms with E-state index < -0.39 is 5.78 Å². The Kier molecular flexibility index (Phi) is 4.99. The number of halogens is 1. The second-order valence-corrected chi connectivity index (χ2v) is 8.69. The molecule has 0 aliphatic carbocycles. The average molecular weight is 420 g/mol. The number of nitrogens with zero attached hydrogens (tertiary/aromatic N) is 3. The Morgan fingerprint density at radius 1 is 1.00 bits per heavy atom. The maximum atomic E-state index is 13.0. The number of hydrogen-bond donors (Lipinski definition) is 0. The molecular formula is C24H22ClN3O2. The van der Waals surface area contributed by atoms with Crippen LogP contribution in [0.15, 0.2) is 54.9 Å². The van der Waals surface area contributed by atoms with Gasteiger partial charge >= 0.3 is 0 Å². The average Bonchev–Trinajstić information content (AvgIpc) is 3.03. The highest BCUT2D eigenvalue weighted by Crippen LogP contribution is 2.44. The molecular weight excluding hydrogens is 398 g/mol. The first-order valence-corrected chi connectivity index (χ1v) is 10.8. The largest absolute Gasteiger partial charge is 0.330 e. The first-order chi connectivity index (χ1) is 14.6. The van der Waals surface area contributed by atoms with E-state index in [4.69, 9.17) is 11.6 Å². The molecule has 6 heteroatoms. The van der Waals surface area contributed by atoms with Gasteiger partial charge in [-0.15, -0.1) is 0 Å². The highest BCUT2D eigenvalue weighted by Gasteiger charge is 2.45. The van der Waals surface area contributed by atoms with Crippen LogP contribution < -0.4 is 0 Å². The quantitative estimate of drug-likeness (QED) is 0.590. The van der Waals surface area contributed by atoms with E-state index in [1.54, 1.807) is 12.1 Å². The number of aromatic nitrogens is 2. The summed E-state index contributed by atoms with van der Waals surface area (Å²) in [6, 6.07) is 14.0. The summed E-state index contributed by atoms with van der Waals surface area (Å²) in [5.74, 6) is -0.376. The zero-order chi connectivity index (χ0) is 20.7. The van der Waals surface area contributed by atoms with Gasteiger partial charge in [-0.25, -0.2) is 0 Å². The number of carbonyl (C=O) groups is 2. The molecule has 2 unspecified atom stereocenters. The summed E-state index contributed by atoms with van der Waals surface area (Å²) in [5, 5.41) is 1.70. The molecule has 5 rings (SSSR count). The zero-order valence-corrected chi connectivity index (χ0v) is 17.3. The van der Waals surface area contributed by atoms with Crippen LogP contribution >= 0.6 is 11.6 Å². The van der Waals surface area contributed by atoms with Crippen molar-refractivity contribution in [2.75, 3.05) is 0 Å². The van der Waals surface area contributed by atoms with Crippen LogP contribution in [0, 0.1) is 0 Å². The fourth-order valence-electron chi connectivity index (χ4n) is 5.13. The fourth-order valence-corrected chi connectivity index (χ4v) is 5.24. The molecule has 2 saturated heterocycles. The van der Waals surface area contributed by atoms with Crippen LogP contribution in [0.5, 0.6) is 0 Å². The van der Waals surface area contributed by atoms with E-state index in [-0.39, 0.29) is 24.4 Å². The van der Waals surface area contributed by atoms with E-state index in [1.807, 2.05) is 29.3 Å². The van der Waals surface area contributed by atoms with Crippen molar-refractivity contribution in [3.05, 3.63) is 71.1 Å². The van der Waals surface area contributed by atoms with E-state index in [1.165, 1.54) is 17.1 Å². The van der Waals surface area contributed by atoms with Crippen LogP contribution in [0.2, 0.25) is 5.02 Å². The molecule has 0 spiro atoms. The second kappa shape index (κ2) is 7.80. The molecule has 1 aromatic carbocycles. The first-order valence-electron chi connectivity index (χ1n) is 10.4. The lowest BCUT2D eigenvalue weighted by Crippen LogP contribution is -2.49. The number of pyridine rings is 2. The molecule has 5 nitrogen and oxygen atoms in total. The SMILES string of the molecule is O=C(Cc1ccc(Cl)cn1)C(=O)N1C2CCC1CC(c1ccnc3ccccc13)C2. The number of benzene rings is 1. The van der Waals surface area contributed by atoms with Gasteiger partial charge in [-0.05, 0) is 61.4 Å². The van der Waals surface area contributed by atoms with Crippen molar-refractivity contribution in [1.82, 2.24) is 14.9 Å². The number of para-hydroxylation sites is 1. The minimum absolute atomic E-state index is 0.0182. The molecule has 2 aromatic heterocycles. The Bertz CT molecular complexity index is 1100. The van der Waals surface area contributed by atoms with Gasteiger partial charge in [0.15, 0.2) is 0 Å². The molecule has 0 saturated carbocycles. The Morgan fingerprint density at radius 3 is 2.50 bits per heavy atom. The van der Waals surface area contributed by atoms with Crippen molar-refractivity contribution >= 4 is 34.2 Å². The van der Waals surface area contributed by atoms with Crippen molar-refractivity contribution in [1.29, 1.82) is 0 Å². The van der Waals surface area contributed by atoms with Crippen LogP contribution in [0.3, 0.4) is 0 Å². The summed E-state index contributed by atoms with van der Waals surface area (Å²) < 4.78 is 0. The highest BCUT2D eigenvalue weighted by molar-refractivity contribution is 6.36. The van der Waals surface area contributed by atoms with Gasteiger partial charge in [-0.3, -0.25) is 19.6 Å². The summed E-state index contributed by atoms with van der Waals surface area (Å²) in [6.07, 6.45) is 7.10. The first kappa shape index (κ1) is 19.2. The van der Waals surface area contributed by atoms with Crippen LogP contribution in [-0.2, 0) is 16.0 Å². The van der Waals surface area contributed by atoms with E-state index in [9.17, 15) is 9.59 Å². The minimum atomic E-state index is -0.394. The number of carbonyl (C=O) groups excluding carboxylic acids is 2. The minimum Gasteiger partial charge on any atom is -0.330 e. The molecule has 2 atom stereocenters. The molecule has 0 N–H and O–H groups in total. The van der Waals surface area contributed by atoms with Crippen LogP contribution in [0.25, 0.3) is 10.9 Å². The second-order valence-electron chi connectivity index (χ2n) is 8.25. The smallest absolute Gasteiger partial charge is 0.290 e. The number of fused-ring (bicyclic) bond motifs is 3. The third-order valence-electron chi connectivity index (χ3n) is 6.46. The van der Waals surface area contributed by atoms with Gasteiger partial charge in [0.1, 0.15) is 0 Å². The maximum Gasteiger partial charge on any atom is 0.290 e. The lowest BCUT2D eigenvalue weighted by atomic mass is 9.83. The van der Waals surface area contributed by atoms with Crippen molar-refractivity contribution < 1.29 is 9.59 Å². The summed E-state index contributed by atoms with van der Waals surface area (Å²) in [7, 11) is 0. The van der Waals surface area contributed by atoms with E-state index >= 15 is 0 Å². The van der Waals surface area contributed by atoms with Crippen molar-refractivity contribution in [2.24, 2.45) is 0 Å². The van der Waals surface area contributed by atoms with Gasteiger partial charge < -0.3 is 4.90 Å². The highest BCUT2D eigenvalue weighted by atomic mass is 35.5. The third-order valence-corrected chi connectivity index (χ3v) is 6.68. The molecule has 1 amide bonds. The Labute approximate surface area is 180 Å². The predicted molar refractivity (Wildman–Crippen MR) is 115 cm³/mol. The Balaban J connectivity index is 1.33. The zero-order valence-electron chi connectivity index (χ0n) is 16.5. The summed E-state index contributed by atoms with van der Waals surface area (Å²) >= 11 is 5.85. The van der Waals surface area contributed by atoms with Crippen molar-refractivity contribution in [3.63, 3.8) is 0 Å². The Morgan fingerprint density at radius 2 is 1.77 bits per heavy atom. The Hall–Kier alpha value is -2.79. The molecule has 0 radical (unpaired) electrons. The van der Waals surface area contributed by atoms with E-state index in [2.05, 4.69) is 22.1 Å². The number of rotatable bonds is 4. The van der Waals surface area contributed by atoms with Crippen molar-refractivity contribution in [2.45, 2.75) is 50.1 Å². The van der Waals surface area contributed by atoms with Crippen LogP contribution in [0.4, 0.5) is 0 Å². The third kappa shape index (κ3) is 3.47. The van der Waals surface area contributed by atoms with E-state index in [0.29, 0.717) is 16.6 Å². The molecule has 30 heavy (non-hydrogen) atoms. The summed E-state index contributed by atoms with van der Waals surface area (Å²) in [4.78, 5) is 36.2. The van der Waals surface area contributed by atoms with Gasteiger partial charge in [0.2, 0.25) is 5.78 Å². The van der Waals surface area contributed by atoms with E-state index in [0.717, 1.165) is 31.2 Å². The monoisotopic (exact) mass is 419 g/mol. The van der Waals surface area contributed by atoms with Crippen LogP contribution in [-0.4, -0.2) is 38.6 Å². The number of hydrogen-bond acceptors (Lipinski definition) is 4. The number of piperidine rings is 1. The van der Waals surface area contributed by atoms with Gasteiger partial charge in [0, 0.05) is 35.6 Å². The lowest BCUT2D eigenvalue weighted by molar-refractivity contribution is -0.147. The van der Waals surface area contributed by atoms with Gasteiger partial charge in [0.25, 0.3) is 5.91 Å². The molecule has 2 bridgehead atoms. The number of ketones is 1. The molecule has 2 aliphatic heterocycles. The maximum absolute atomic E-state index is 13.0. The topological polar surface area (TPSA) is 63.2 Å². The molecule has 2 aliphatic rings. The molecule has 3 aromatic rings. The standard InChI is InChI=1S/C24H22ClN3O2/c25-16-5-6-17(27-14-16)13-23(29)24(30)28-18-7-8-19(28)12-15(11-18)20-9-10-26-22-4-2-1-3-21(20)22/h1-6,9-10,14-15,18-19H,7-8,11-13H2. The number of amides is 1.